The van der Waals surface area contributed by atoms with Crippen LogP contribution < -0.4 is 5.32 Å². The van der Waals surface area contributed by atoms with E-state index in [1.54, 1.807) is 18.2 Å². The normalized spacial score (nSPS) is 13.2. The van der Waals surface area contributed by atoms with Crippen molar-refractivity contribution in [2.45, 2.75) is 50.6 Å². The van der Waals surface area contributed by atoms with Crippen LogP contribution in [0, 0.1) is 11.7 Å². The molecule has 0 aliphatic carbocycles. The molecule has 0 saturated carbocycles. The van der Waals surface area contributed by atoms with Crippen molar-refractivity contribution in [3.63, 3.8) is 0 Å². The zero-order valence-corrected chi connectivity index (χ0v) is 19.2. The van der Waals surface area contributed by atoms with Crippen molar-refractivity contribution < 1.29 is 9.18 Å². The highest BCUT2D eigenvalue weighted by Gasteiger charge is 2.22. The molecule has 0 aliphatic heterocycles. The number of nitrogens with one attached hydrogen (secondary N) is 1. The lowest BCUT2D eigenvalue weighted by Gasteiger charge is -2.17. The minimum Gasteiger partial charge on any atom is -0.355 e. The first-order valence-electron chi connectivity index (χ1n) is 10.5. The topological polar surface area (TPSA) is 59.8 Å². The maximum atomic E-state index is 14.4. The van der Waals surface area contributed by atoms with E-state index in [-0.39, 0.29) is 22.9 Å². The Morgan fingerprint density at radius 3 is 2.39 bits per heavy atom. The van der Waals surface area contributed by atoms with E-state index in [4.69, 9.17) is 0 Å². The Morgan fingerprint density at radius 2 is 1.71 bits per heavy atom. The average Bonchev–Trinajstić information content (AvgIpc) is 3.13. The van der Waals surface area contributed by atoms with Crippen LogP contribution in [-0.2, 0) is 11.3 Å². The summed E-state index contributed by atoms with van der Waals surface area (Å²) in [4.78, 5) is 12.7. The molecule has 0 bridgehead atoms. The molecular weight excluding hydrogens is 411 g/mol. The van der Waals surface area contributed by atoms with Gasteiger partial charge in [-0.1, -0.05) is 75.0 Å². The molecule has 164 valence electrons. The first-order valence-corrected chi connectivity index (χ1v) is 11.4. The van der Waals surface area contributed by atoms with E-state index in [0.717, 1.165) is 0 Å². The Kier molecular flexibility index (Phi) is 7.85. The number of benzene rings is 2. The molecule has 0 spiro atoms. The quantitative estimate of drug-likeness (QED) is 0.468. The second kappa shape index (κ2) is 10.6. The highest BCUT2D eigenvalue weighted by atomic mass is 32.2. The molecule has 2 unspecified atom stereocenters. The maximum absolute atomic E-state index is 14.4. The number of aromatic nitrogens is 3. The van der Waals surface area contributed by atoms with Crippen molar-refractivity contribution in [3.05, 3.63) is 66.0 Å². The van der Waals surface area contributed by atoms with Gasteiger partial charge in [0.05, 0.1) is 10.8 Å². The number of carbonyl (C=O) groups is 1. The van der Waals surface area contributed by atoms with Crippen LogP contribution >= 0.6 is 11.8 Å². The fourth-order valence-electron chi connectivity index (χ4n) is 3.26. The molecule has 1 heterocycles. The summed E-state index contributed by atoms with van der Waals surface area (Å²) in [7, 11) is 0. The lowest BCUT2D eigenvalue weighted by atomic mass is 10.0. The van der Waals surface area contributed by atoms with Crippen LogP contribution in [0.5, 0.6) is 0 Å². The summed E-state index contributed by atoms with van der Waals surface area (Å²) >= 11 is 1.34. The zero-order chi connectivity index (χ0) is 22.4. The van der Waals surface area contributed by atoms with Gasteiger partial charge in [-0.25, -0.2) is 4.39 Å². The van der Waals surface area contributed by atoms with Crippen LogP contribution in [-0.4, -0.2) is 32.5 Å². The summed E-state index contributed by atoms with van der Waals surface area (Å²) in [6.45, 7) is 9.31. The lowest BCUT2D eigenvalue weighted by molar-refractivity contribution is -0.120. The SMILES string of the molecule is CC(C)Cn1c(SC(C)C(=O)NCC(C)c2ccccc2)nnc1-c1ccccc1F. The third-order valence-electron chi connectivity index (χ3n) is 4.98. The molecule has 3 aromatic rings. The fourth-order valence-corrected chi connectivity index (χ4v) is 4.14. The smallest absolute Gasteiger partial charge is 0.233 e. The van der Waals surface area contributed by atoms with Crippen LogP contribution in [0.15, 0.2) is 59.8 Å². The van der Waals surface area contributed by atoms with Gasteiger partial charge in [-0.05, 0) is 36.5 Å². The van der Waals surface area contributed by atoms with Gasteiger partial charge in [0.15, 0.2) is 11.0 Å². The highest BCUT2D eigenvalue weighted by molar-refractivity contribution is 8.00. The standard InChI is InChI=1S/C24H29FN4OS/c1-16(2)15-29-22(20-12-8-9-13-21(20)25)27-28-24(29)31-18(4)23(30)26-14-17(3)19-10-6-5-7-11-19/h5-13,16-18H,14-15H2,1-4H3,(H,26,30). The molecule has 31 heavy (non-hydrogen) atoms. The Hall–Kier alpha value is -2.67. The van der Waals surface area contributed by atoms with Crippen LogP contribution in [0.2, 0.25) is 0 Å². The van der Waals surface area contributed by atoms with Gasteiger partial charge < -0.3 is 9.88 Å². The summed E-state index contributed by atoms with van der Waals surface area (Å²) in [6.07, 6.45) is 0. The summed E-state index contributed by atoms with van der Waals surface area (Å²) in [5.41, 5.74) is 1.60. The summed E-state index contributed by atoms with van der Waals surface area (Å²) in [5, 5.41) is 11.8. The molecule has 0 aliphatic rings. The highest BCUT2D eigenvalue weighted by Crippen LogP contribution is 2.29. The monoisotopic (exact) mass is 440 g/mol. The zero-order valence-electron chi connectivity index (χ0n) is 18.4. The van der Waals surface area contributed by atoms with E-state index in [2.05, 4.69) is 48.4 Å². The molecule has 0 fully saturated rings. The first kappa shape index (κ1) is 23.0. The van der Waals surface area contributed by atoms with E-state index >= 15 is 0 Å². The van der Waals surface area contributed by atoms with Crippen molar-refractivity contribution in [1.29, 1.82) is 0 Å². The van der Waals surface area contributed by atoms with Gasteiger partial charge in [0, 0.05) is 13.1 Å². The van der Waals surface area contributed by atoms with Crippen molar-refractivity contribution >= 4 is 17.7 Å². The number of halogens is 1. The molecule has 7 heteroatoms. The van der Waals surface area contributed by atoms with Crippen LogP contribution in [0.3, 0.4) is 0 Å². The Morgan fingerprint density at radius 1 is 1.03 bits per heavy atom. The summed E-state index contributed by atoms with van der Waals surface area (Å²) < 4.78 is 16.3. The third-order valence-corrected chi connectivity index (χ3v) is 6.06. The van der Waals surface area contributed by atoms with E-state index in [1.165, 1.54) is 23.4 Å². The molecule has 1 N–H and O–H groups in total. The fraction of sp³-hybridized carbons (Fsp3) is 0.375. The number of hydrogen-bond acceptors (Lipinski definition) is 4. The number of rotatable bonds is 9. The molecular formula is C24H29FN4OS. The van der Waals surface area contributed by atoms with Crippen LogP contribution in [0.4, 0.5) is 4.39 Å². The van der Waals surface area contributed by atoms with Crippen molar-refractivity contribution in [1.82, 2.24) is 20.1 Å². The van der Waals surface area contributed by atoms with Gasteiger partial charge in [0.1, 0.15) is 5.82 Å². The molecule has 0 radical (unpaired) electrons. The van der Waals surface area contributed by atoms with E-state index < -0.39 is 0 Å². The Bertz CT molecular complexity index is 1010. The van der Waals surface area contributed by atoms with Gasteiger partial charge >= 0.3 is 0 Å². The molecule has 0 saturated heterocycles. The molecule has 2 aromatic carbocycles. The second-order valence-electron chi connectivity index (χ2n) is 8.11. The average molecular weight is 441 g/mol. The van der Waals surface area contributed by atoms with E-state index in [0.29, 0.717) is 35.6 Å². The number of nitrogens with zero attached hydrogens (tertiary/aromatic N) is 3. The Labute approximate surface area is 187 Å². The van der Waals surface area contributed by atoms with E-state index in [1.807, 2.05) is 29.7 Å². The van der Waals surface area contributed by atoms with E-state index in [9.17, 15) is 9.18 Å². The largest absolute Gasteiger partial charge is 0.355 e. The molecule has 2 atom stereocenters. The first-order chi connectivity index (χ1) is 14.9. The summed E-state index contributed by atoms with van der Waals surface area (Å²) in [5.74, 6) is 0.632. The lowest BCUT2D eigenvalue weighted by Crippen LogP contribution is -2.33. The molecule has 1 aromatic heterocycles. The molecule has 3 rings (SSSR count). The number of carbonyl (C=O) groups excluding carboxylic acids is 1. The van der Waals surface area contributed by atoms with Crippen LogP contribution in [0.1, 0.15) is 39.2 Å². The second-order valence-corrected chi connectivity index (χ2v) is 9.42. The Balaban J connectivity index is 1.71. The van der Waals surface area contributed by atoms with Crippen LogP contribution in [0.25, 0.3) is 11.4 Å². The van der Waals surface area contributed by atoms with Crippen molar-refractivity contribution in [3.8, 4) is 11.4 Å². The van der Waals surface area contributed by atoms with Gasteiger partial charge in [-0.2, -0.15) is 0 Å². The molecule has 1 amide bonds. The minimum absolute atomic E-state index is 0.0562. The predicted octanol–water partition coefficient (Wildman–Crippen LogP) is 5.14. The van der Waals surface area contributed by atoms with Gasteiger partial charge in [0.2, 0.25) is 5.91 Å². The van der Waals surface area contributed by atoms with Gasteiger partial charge in [-0.15, -0.1) is 10.2 Å². The molecule has 5 nitrogen and oxygen atoms in total. The predicted molar refractivity (Wildman–Crippen MR) is 123 cm³/mol. The van der Waals surface area contributed by atoms with Crippen molar-refractivity contribution in [2.24, 2.45) is 5.92 Å². The number of hydrogen-bond donors (Lipinski definition) is 1. The number of thioether (sulfide) groups is 1. The van der Waals surface area contributed by atoms with Gasteiger partial charge in [0.25, 0.3) is 0 Å². The third kappa shape index (κ3) is 5.94. The van der Waals surface area contributed by atoms with Crippen molar-refractivity contribution in [2.75, 3.05) is 6.54 Å². The van der Waals surface area contributed by atoms with Gasteiger partial charge in [-0.3, -0.25) is 4.79 Å². The maximum Gasteiger partial charge on any atom is 0.233 e. The summed E-state index contributed by atoms with van der Waals surface area (Å²) in [6, 6.07) is 16.7. The number of amides is 1. The minimum atomic E-state index is -0.355.